The Hall–Kier alpha value is -4.56. The van der Waals surface area contributed by atoms with Gasteiger partial charge in [-0.05, 0) is 65.0 Å². The van der Waals surface area contributed by atoms with Crippen LogP contribution in [0.5, 0.6) is 17.2 Å². The van der Waals surface area contributed by atoms with E-state index in [-0.39, 0.29) is 11.8 Å². The van der Waals surface area contributed by atoms with Crippen molar-refractivity contribution in [2.45, 2.75) is 6.92 Å². The van der Waals surface area contributed by atoms with Gasteiger partial charge in [0.2, 0.25) is 5.88 Å². The molecule has 0 fully saturated rings. The van der Waals surface area contributed by atoms with Crippen LogP contribution in [0.4, 0.5) is 5.88 Å². The van der Waals surface area contributed by atoms with Crippen molar-refractivity contribution in [3.05, 3.63) is 83.7 Å². The normalized spacial score (nSPS) is 10.8. The average Bonchev–Trinajstić information content (AvgIpc) is 3.56. The number of ether oxygens (including phenoxy) is 3. The van der Waals surface area contributed by atoms with E-state index in [1.165, 1.54) is 18.3 Å². The van der Waals surface area contributed by atoms with Crippen molar-refractivity contribution in [3.8, 4) is 38.8 Å². The van der Waals surface area contributed by atoms with Crippen LogP contribution in [0, 0.1) is 0 Å². The van der Waals surface area contributed by atoms with Crippen molar-refractivity contribution in [3.63, 3.8) is 0 Å². The molecule has 0 radical (unpaired) electrons. The van der Waals surface area contributed by atoms with Gasteiger partial charge in [0, 0.05) is 17.4 Å². The van der Waals surface area contributed by atoms with E-state index < -0.39 is 5.97 Å². The highest BCUT2D eigenvalue weighted by molar-refractivity contribution is 7.13. The summed E-state index contributed by atoms with van der Waals surface area (Å²) in [5.41, 5.74) is 3.18. The second-order valence-electron chi connectivity index (χ2n) is 8.14. The number of methoxy groups -OCH3 is 2. The fourth-order valence-electron chi connectivity index (χ4n) is 4.06. The highest BCUT2D eigenvalue weighted by Crippen LogP contribution is 2.46. The van der Waals surface area contributed by atoms with Crippen molar-refractivity contribution < 1.29 is 28.2 Å². The molecule has 1 amide bonds. The maximum Gasteiger partial charge on any atom is 0.308 e. The third-order valence-electron chi connectivity index (χ3n) is 5.76. The topological polar surface area (TPSA) is 87.0 Å². The van der Waals surface area contributed by atoms with Crippen molar-refractivity contribution >= 4 is 40.1 Å². The highest BCUT2D eigenvalue weighted by atomic mass is 32.1. The van der Waals surface area contributed by atoms with Gasteiger partial charge in [0.1, 0.15) is 22.8 Å². The number of nitrogens with one attached hydrogen (secondary N) is 1. The van der Waals surface area contributed by atoms with Gasteiger partial charge in [-0.15, -0.1) is 11.3 Å². The maximum atomic E-state index is 13.2. The Morgan fingerprint density at radius 2 is 1.65 bits per heavy atom. The van der Waals surface area contributed by atoms with Crippen LogP contribution in [0.3, 0.4) is 0 Å². The van der Waals surface area contributed by atoms with Gasteiger partial charge < -0.3 is 18.6 Å². The molecule has 0 unspecified atom stereocenters. The van der Waals surface area contributed by atoms with Crippen LogP contribution in [-0.2, 0) is 4.79 Å². The smallest absolute Gasteiger partial charge is 0.308 e. The molecule has 2 heterocycles. The van der Waals surface area contributed by atoms with E-state index in [9.17, 15) is 9.59 Å². The Kier molecular flexibility index (Phi) is 6.66. The lowest BCUT2D eigenvalue weighted by atomic mass is 10.0. The number of furan rings is 1. The molecule has 5 aromatic rings. The Balaban J connectivity index is 1.67. The van der Waals surface area contributed by atoms with Gasteiger partial charge in [-0.1, -0.05) is 24.3 Å². The largest absolute Gasteiger partial charge is 0.497 e. The van der Waals surface area contributed by atoms with Gasteiger partial charge in [0.05, 0.1) is 25.2 Å². The number of hydrogen-bond acceptors (Lipinski definition) is 7. The van der Waals surface area contributed by atoms with Gasteiger partial charge in [0.25, 0.3) is 5.91 Å². The number of amides is 1. The molecule has 0 bridgehead atoms. The van der Waals surface area contributed by atoms with Gasteiger partial charge in [0.15, 0.2) is 0 Å². The molecule has 8 heteroatoms. The molecule has 0 spiro atoms. The van der Waals surface area contributed by atoms with E-state index in [2.05, 4.69) is 5.32 Å². The van der Waals surface area contributed by atoms with Crippen LogP contribution in [-0.4, -0.2) is 26.1 Å². The van der Waals surface area contributed by atoms with Crippen LogP contribution in [0.2, 0.25) is 0 Å². The number of rotatable bonds is 7. The Morgan fingerprint density at radius 1 is 0.865 bits per heavy atom. The zero-order valence-corrected chi connectivity index (χ0v) is 21.2. The van der Waals surface area contributed by atoms with E-state index in [0.29, 0.717) is 33.6 Å². The van der Waals surface area contributed by atoms with E-state index in [0.717, 1.165) is 21.8 Å². The van der Waals surface area contributed by atoms with Crippen LogP contribution < -0.4 is 19.5 Å². The minimum absolute atomic E-state index is 0.255. The first-order valence-electron chi connectivity index (χ1n) is 11.4. The fraction of sp³-hybridized carbons (Fsp3) is 0.103. The van der Waals surface area contributed by atoms with E-state index in [1.54, 1.807) is 44.6 Å². The van der Waals surface area contributed by atoms with Crippen molar-refractivity contribution in [2.75, 3.05) is 19.5 Å². The summed E-state index contributed by atoms with van der Waals surface area (Å²) in [7, 11) is 3.15. The first kappa shape index (κ1) is 24.1. The average molecular weight is 514 g/mol. The zero-order valence-electron chi connectivity index (χ0n) is 20.4. The number of hydrogen-bond donors (Lipinski definition) is 1. The molecule has 0 aliphatic rings. The number of anilines is 1. The second-order valence-corrected chi connectivity index (χ2v) is 9.09. The number of benzene rings is 3. The Labute approximate surface area is 217 Å². The van der Waals surface area contributed by atoms with Crippen LogP contribution >= 0.6 is 11.3 Å². The molecule has 2 aromatic heterocycles. The minimum Gasteiger partial charge on any atom is -0.497 e. The summed E-state index contributed by atoms with van der Waals surface area (Å²) in [6, 6.07) is 21.9. The predicted octanol–water partition coefficient (Wildman–Crippen LogP) is 7.02. The Morgan fingerprint density at radius 3 is 2.32 bits per heavy atom. The first-order valence-corrected chi connectivity index (χ1v) is 12.3. The number of fused-ring (bicyclic) bond motifs is 1. The molecule has 0 saturated heterocycles. The maximum absolute atomic E-state index is 13.2. The molecule has 0 aliphatic heterocycles. The molecule has 186 valence electrons. The molecular formula is C29H23NO6S. The quantitative estimate of drug-likeness (QED) is 0.186. The summed E-state index contributed by atoms with van der Waals surface area (Å²) >= 11 is 1.49. The molecule has 0 aliphatic carbocycles. The van der Waals surface area contributed by atoms with Gasteiger partial charge >= 0.3 is 5.97 Å². The van der Waals surface area contributed by atoms with Gasteiger partial charge in [-0.2, -0.15) is 0 Å². The summed E-state index contributed by atoms with van der Waals surface area (Å²) in [5, 5.41) is 5.42. The number of esters is 1. The van der Waals surface area contributed by atoms with Crippen molar-refractivity contribution in [2.24, 2.45) is 0 Å². The van der Waals surface area contributed by atoms with Gasteiger partial charge in [-0.3, -0.25) is 14.9 Å². The number of thiophene rings is 1. The molecule has 0 atom stereocenters. The number of carbonyl (C=O) groups is 2. The predicted molar refractivity (Wildman–Crippen MR) is 144 cm³/mol. The highest BCUT2D eigenvalue weighted by Gasteiger charge is 2.24. The number of carbonyl (C=O) groups excluding carboxylic acids is 2. The standard InChI is InChI=1S/C29H23NO6S/c1-17(31)35-23-15-20(18-9-11-21(33-2)12-10-18)16-24-26(23)27(25-8-5-13-37-25)29(36-24)30-28(32)19-6-4-7-22(14-19)34-3/h4-16H,1-3H3,(H,30,32). The van der Waals surface area contributed by atoms with E-state index >= 15 is 0 Å². The zero-order chi connectivity index (χ0) is 25.9. The lowest BCUT2D eigenvalue weighted by Crippen LogP contribution is -2.12. The summed E-state index contributed by atoms with van der Waals surface area (Å²) in [4.78, 5) is 26.1. The molecule has 1 N–H and O–H groups in total. The molecule has 5 rings (SSSR count). The first-order chi connectivity index (χ1) is 18.0. The lowest BCUT2D eigenvalue weighted by molar-refractivity contribution is -0.131. The molecule has 37 heavy (non-hydrogen) atoms. The summed E-state index contributed by atoms with van der Waals surface area (Å²) < 4.78 is 22.4. The van der Waals surface area contributed by atoms with Crippen molar-refractivity contribution in [1.29, 1.82) is 0 Å². The van der Waals surface area contributed by atoms with Crippen LogP contribution in [0.15, 0.2) is 82.6 Å². The van der Waals surface area contributed by atoms with Crippen molar-refractivity contribution in [1.82, 2.24) is 0 Å². The molecule has 7 nitrogen and oxygen atoms in total. The SMILES string of the molecule is COc1ccc(-c2cc(OC(C)=O)c3c(-c4cccs4)c(NC(=O)c4cccc(OC)c4)oc3c2)cc1. The summed E-state index contributed by atoms with van der Waals surface area (Å²) in [6.45, 7) is 1.35. The molecular weight excluding hydrogens is 490 g/mol. The third kappa shape index (κ3) is 4.92. The lowest BCUT2D eigenvalue weighted by Gasteiger charge is -2.09. The molecule has 3 aromatic carbocycles. The van der Waals surface area contributed by atoms with Gasteiger partial charge in [-0.25, -0.2) is 0 Å². The van der Waals surface area contributed by atoms with E-state index in [1.807, 2.05) is 47.8 Å². The van der Waals surface area contributed by atoms with Crippen LogP contribution in [0.25, 0.3) is 32.5 Å². The fourth-order valence-corrected chi connectivity index (χ4v) is 4.83. The minimum atomic E-state index is -0.464. The third-order valence-corrected chi connectivity index (χ3v) is 6.65. The van der Waals surface area contributed by atoms with Crippen LogP contribution in [0.1, 0.15) is 17.3 Å². The second kappa shape index (κ2) is 10.2. The van der Waals surface area contributed by atoms with E-state index in [4.69, 9.17) is 18.6 Å². The monoisotopic (exact) mass is 513 g/mol. The molecule has 0 saturated carbocycles. The summed E-state index contributed by atoms with van der Waals surface area (Å²) in [5.74, 6) is 1.06. The summed E-state index contributed by atoms with van der Waals surface area (Å²) in [6.07, 6.45) is 0. The Bertz CT molecular complexity index is 1590.